The highest BCUT2D eigenvalue weighted by Crippen LogP contribution is 2.09. The Morgan fingerprint density at radius 2 is 2.29 bits per heavy atom. The third-order valence-corrected chi connectivity index (χ3v) is 1.97. The maximum Gasteiger partial charge on any atom is 0.113 e. The Kier molecular flexibility index (Phi) is 2.14. The molecule has 14 heavy (non-hydrogen) atoms. The highest BCUT2D eigenvalue weighted by Gasteiger charge is 2.03. The molecule has 1 N–H and O–H groups in total. The third-order valence-electron chi connectivity index (χ3n) is 1.97. The number of nitrogens with zero attached hydrogens (tertiary/aromatic N) is 4. The van der Waals surface area contributed by atoms with Crippen molar-refractivity contribution in [3.8, 4) is 0 Å². The van der Waals surface area contributed by atoms with Crippen LogP contribution in [0.3, 0.4) is 0 Å². The first-order valence-electron chi connectivity index (χ1n) is 4.27. The molecule has 5 heteroatoms. The predicted octanol–water partition coefficient (Wildman–Crippen LogP) is 1.28. The molecule has 0 unspecified atom stereocenters. The first-order valence-corrected chi connectivity index (χ1v) is 4.27. The molecule has 0 amide bonds. The van der Waals surface area contributed by atoms with Crippen LogP contribution in [0.2, 0.25) is 0 Å². The summed E-state index contributed by atoms with van der Waals surface area (Å²) < 4.78 is 1.70. The minimum absolute atomic E-state index is 0.455. The van der Waals surface area contributed by atoms with Gasteiger partial charge in [0.25, 0.3) is 0 Å². The Morgan fingerprint density at radius 1 is 1.50 bits per heavy atom. The van der Waals surface area contributed by atoms with Crippen LogP contribution in [0.5, 0.6) is 0 Å². The molecule has 0 aliphatic carbocycles. The molecule has 5 nitrogen and oxygen atoms in total. The van der Waals surface area contributed by atoms with Crippen molar-refractivity contribution in [3.63, 3.8) is 0 Å². The number of oxime groups is 1. The standard InChI is InChI=1S/C9H10N4O/c1-7(11-14)6-13-9-5-3-2-4-8(9)10-12-13/h2-5,14H,6H2,1H3/b11-7-. The molecule has 1 heterocycles. The Bertz CT molecular complexity index is 474. The van der Waals surface area contributed by atoms with Crippen LogP contribution in [0.4, 0.5) is 0 Å². The fraction of sp³-hybridized carbons (Fsp3) is 0.222. The molecule has 0 aliphatic heterocycles. The zero-order valence-electron chi connectivity index (χ0n) is 7.75. The smallest absolute Gasteiger partial charge is 0.113 e. The number of aromatic nitrogens is 3. The Balaban J connectivity index is 2.43. The van der Waals surface area contributed by atoms with E-state index in [1.54, 1.807) is 11.6 Å². The molecular weight excluding hydrogens is 180 g/mol. The largest absolute Gasteiger partial charge is 0.411 e. The molecule has 2 rings (SSSR count). The molecule has 1 aromatic carbocycles. The molecule has 2 aromatic rings. The summed E-state index contributed by atoms with van der Waals surface area (Å²) in [6.07, 6.45) is 0. The monoisotopic (exact) mass is 190 g/mol. The Hall–Kier alpha value is -1.91. The minimum Gasteiger partial charge on any atom is -0.411 e. The first kappa shape index (κ1) is 8.68. The van der Waals surface area contributed by atoms with Gasteiger partial charge < -0.3 is 5.21 Å². The van der Waals surface area contributed by atoms with Gasteiger partial charge in [-0.15, -0.1) is 5.10 Å². The predicted molar refractivity (Wildman–Crippen MR) is 52.4 cm³/mol. The van der Waals surface area contributed by atoms with E-state index in [-0.39, 0.29) is 0 Å². The maximum atomic E-state index is 8.53. The van der Waals surface area contributed by atoms with E-state index < -0.39 is 0 Å². The average molecular weight is 190 g/mol. The van der Waals surface area contributed by atoms with Crippen molar-refractivity contribution in [3.05, 3.63) is 24.3 Å². The fourth-order valence-electron chi connectivity index (χ4n) is 1.28. The zero-order chi connectivity index (χ0) is 9.97. The Morgan fingerprint density at radius 3 is 3.07 bits per heavy atom. The lowest BCUT2D eigenvalue weighted by Crippen LogP contribution is -2.08. The highest BCUT2D eigenvalue weighted by molar-refractivity contribution is 5.83. The van der Waals surface area contributed by atoms with Gasteiger partial charge in [0, 0.05) is 0 Å². The maximum absolute atomic E-state index is 8.53. The minimum atomic E-state index is 0.455. The van der Waals surface area contributed by atoms with Crippen molar-refractivity contribution in [2.45, 2.75) is 13.5 Å². The number of hydrogen-bond donors (Lipinski definition) is 1. The molecule has 0 atom stereocenters. The quantitative estimate of drug-likeness (QED) is 0.440. The second kappa shape index (κ2) is 3.45. The van der Waals surface area contributed by atoms with E-state index in [1.807, 2.05) is 24.3 Å². The average Bonchev–Trinajstić information content (AvgIpc) is 2.62. The van der Waals surface area contributed by atoms with E-state index in [9.17, 15) is 0 Å². The molecule has 1 aromatic heterocycles. The van der Waals surface area contributed by atoms with Crippen LogP contribution >= 0.6 is 0 Å². The van der Waals surface area contributed by atoms with Gasteiger partial charge in [0.2, 0.25) is 0 Å². The summed E-state index contributed by atoms with van der Waals surface area (Å²) >= 11 is 0. The van der Waals surface area contributed by atoms with Crippen molar-refractivity contribution in [2.24, 2.45) is 5.16 Å². The van der Waals surface area contributed by atoms with Crippen molar-refractivity contribution in [2.75, 3.05) is 0 Å². The zero-order valence-corrected chi connectivity index (χ0v) is 7.75. The lowest BCUT2D eigenvalue weighted by molar-refractivity contribution is 0.316. The molecule has 0 saturated heterocycles. The summed E-state index contributed by atoms with van der Waals surface area (Å²) in [6, 6.07) is 7.66. The third kappa shape index (κ3) is 1.44. The molecule has 0 saturated carbocycles. The number of benzene rings is 1. The molecule has 0 fully saturated rings. The summed E-state index contributed by atoms with van der Waals surface area (Å²) in [4.78, 5) is 0. The number of fused-ring (bicyclic) bond motifs is 1. The van der Waals surface area contributed by atoms with Gasteiger partial charge in [-0.25, -0.2) is 4.68 Å². The second-order valence-corrected chi connectivity index (χ2v) is 3.07. The molecular formula is C9H10N4O. The van der Waals surface area contributed by atoms with Gasteiger partial charge in [0.1, 0.15) is 5.52 Å². The fourth-order valence-corrected chi connectivity index (χ4v) is 1.28. The van der Waals surface area contributed by atoms with E-state index in [2.05, 4.69) is 15.5 Å². The normalized spacial score (nSPS) is 12.2. The first-order chi connectivity index (χ1) is 6.81. The van der Waals surface area contributed by atoms with E-state index >= 15 is 0 Å². The van der Waals surface area contributed by atoms with Gasteiger partial charge >= 0.3 is 0 Å². The van der Waals surface area contributed by atoms with Crippen molar-refractivity contribution in [1.29, 1.82) is 0 Å². The summed E-state index contributed by atoms with van der Waals surface area (Å²) in [5.74, 6) is 0. The van der Waals surface area contributed by atoms with Gasteiger partial charge in [0.15, 0.2) is 0 Å². The van der Waals surface area contributed by atoms with Crippen molar-refractivity contribution in [1.82, 2.24) is 15.0 Å². The number of rotatable bonds is 2. The molecule has 0 radical (unpaired) electrons. The van der Waals surface area contributed by atoms with Crippen LogP contribution in [-0.4, -0.2) is 25.9 Å². The second-order valence-electron chi connectivity index (χ2n) is 3.07. The van der Waals surface area contributed by atoms with Crippen LogP contribution in [0.15, 0.2) is 29.4 Å². The van der Waals surface area contributed by atoms with E-state index in [4.69, 9.17) is 5.21 Å². The van der Waals surface area contributed by atoms with Crippen LogP contribution in [-0.2, 0) is 6.54 Å². The van der Waals surface area contributed by atoms with Crippen molar-refractivity contribution >= 4 is 16.7 Å². The summed E-state index contributed by atoms with van der Waals surface area (Å²) in [5.41, 5.74) is 2.38. The topological polar surface area (TPSA) is 63.3 Å². The van der Waals surface area contributed by atoms with Gasteiger partial charge in [-0.1, -0.05) is 22.5 Å². The SMILES string of the molecule is C/C(Cn1nnc2ccccc21)=N/O. The molecule has 72 valence electrons. The van der Waals surface area contributed by atoms with Gasteiger partial charge in [-0.3, -0.25) is 0 Å². The lowest BCUT2D eigenvalue weighted by atomic mass is 10.3. The van der Waals surface area contributed by atoms with Crippen LogP contribution in [0.1, 0.15) is 6.92 Å². The van der Waals surface area contributed by atoms with Crippen LogP contribution in [0.25, 0.3) is 11.0 Å². The molecule has 0 spiro atoms. The van der Waals surface area contributed by atoms with Crippen LogP contribution in [0, 0.1) is 0 Å². The summed E-state index contributed by atoms with van der Waals surface area (Å²) in [7, 11) is 0. The van der Waals surface area contributed by atoms with Gasteiger partial charge in [-0.05, 0) is 19.1 Å². The summed E-state index contributed by atoms with van der Waals surface area (Å²) in [6.45, 7) is 2.19. The Labute approximate surface area is 80.6 Å². The van der Waals surface area contributed by atoms with Gasteiger partial charge in [0.05, 0.1) is 17.8 Å². The molecule has 0 bridgehead atoms. The van der Waals surface area contributed by atoms with E-state index in [0.29, 0.717) is 12.3 Å². The van der Waals surface area contributed by atoms with Gasteiger partial charge in [-0.2, -0.15) is 0 Å². The number of para-hydroxylation sites is 1. The number of hydrogen-bond acceptors (Lipinski definition) is 4. The van der Waals surface area contributed by atoms with Crippen LogP contribution < -0.4 is 0 Å². The summed E-state index contributed by atoms with van der Waals surface area (Å²) in [5, 5.41) is 19.6. The highest BCUT2D eigenvalue weighted by atomic mass is 16.4. The molecule has 0 aliphatic rings. The lowest BCUT2D eigenvalue weighted by Gasteiger charge is -1.98. The van der Waals surface area contributed by atoms with E-state index in [0.717, 1.165) is 11.0 Å². The van der Waals surface area contributed by atoms with Crippen molar-refractivity contribution < 1.29 is 5.21 Å². The van der Waals surface area contributed by atoms with E-state index in [1.165, 1.54) is 0 Å².